The lowest BCUT2D eigenvalue weighted by atomic mass is 10.1. The zero-order valence-corrected chi connectivity index (χ0v) is 8.30. The van der Waals surface area contributed by atoms with Gasteiger partial charge in [-0.05, 0) is 13.3 Å². The summed E-state index contributed by atoms with van der Waals surface area (Å²) in [6, 6.07) is -0.738. The van der Waals surface area contributed by atoms with Crippen LogP contribution in [0.2, 0.25) is 0 Å². The molecule has 78 valence electrons. The number of rotatable bonds is 5. The largest absolute Gasteiger partial charge is 0.465 e. The molecule has 0 aliphatic rings. The Morgan fingerprint density at radius 1 is 1.46 bits per heavy atom. The first kappa shape index (κ1) is 14.7. The number of halogens is 1. The summed E-state index contributed by atoms with van der Waals surface area (Å²) < 4.78 is 4.62. The molecule has 0 aliphatic carbocycles. The predicted octanol–water partition coefficient (Wildman–Crippen LogP) is -0.436. The van der Waals surface area contributed by atoms with Crippen LogP contribution < -0.4 is 11.5 Å². The number of amides is 1. The van der Waals surface area contributed by atoms with Gasteiger partial charge in [0, 0.05) is 6.42 Å². The molecule has 0 bridgehead atoms. The molecule has 13 heavy (non-hydrogen) atoms. The van der Waals surface area contributed by atoms with E-state index in [0.717, 1.165) is 0 Å². The molecule has 0 saturated carbocycles. The Balaban J connectivity index is 0. The molecule has 6 heteroatoms. The summed E-state index contributed by atoms with van der Waals surface area (Å²) in [4.78, 5) is 21.2. The Morgan fingerprint density at radius 3 is 2.38 bits per heavy atom. The summed E-state index contributed by atoms with van der Waals surface area (Å²) in [5, 5.41) is 0. The van der Waals surface area contributed by atoms with Gasteiger partial charge in [0.2, 0.25) is 5.91 Å². The van der Waals surface area contributed by atoms with Gasteiger partial charge in [-0.2, -0.15) is 0 Å². The molecule has 0 heterocycles. The van der Waals surface area contributed by atoms with Crippen molar-refractivity contribution >= 4 is 24.3 Å². The fraction of sp³-hybridized carbons (Fsp3) is 0.714. The molecule has 5 nitrogen and oxygen atoms in total. The third kappa shape index (κ3) is 7.55. The molecule has 0 aromatic rings. The van der Waals surface area contributed by atoms with Crippen molar-refractivity contribution in [3.63, 3.8) is 0 Å². The number of hydrogen-bond donors (Lipinski definition) is 2. The zero-order valence-electron chi connectivity index (χ0n) is 7.49. The van der Waals surface area contributed by atoms with E-state index >= 15 is 0 Å². The topological polar surface area (TPSA) is 95.4 Å². The second kappa shape index (κ2) is 7.82. The molecule has 4 N–H and O–H groups in total. The smallest absolute Gasteiger partial charge is 0.322 e. The number of nitrogens with two attached hydrogens (primary N) is 2. The third-order valence-electron chi connectivity index (χ3n) is 1.29. The van der Waals surface area contributed by atoms with Crippen molar-refractivity contribution in [2.75, 3.05) is 6.61 Å². The van der Waals surface area contributed by atoms with Crippen molar-refractivity contribution < 1.29 is 14.3 Å². The van der Waals surface area contributed by atoms with Crippen molar-refractivity contribution in [3.8, 4) is 0 Å². The fourth-order valence-electron chi connectivity index (χ4n) is 0.665. The van der Waals surface area contributed by atoms with E-state index in [-0.39, 0.29) is 25.2 Å². The van der Waals surface area contributed by atoms with Gasteiger partial charge in [-0.3, -0.25) is 9.59 Å². The summed E-state index contributed by atoms with van der Waals surface area (Å²) in [5.74, 6) is -0.950. The molecule has 0 fully saturated rings. The standard InChI is InChI=1S/C7H14N2O3.ClH/c1-2-12-7(11)5(8)3-4-6(9)10;/h5H,2-4,8H2,1H3,(H2,9,10);1H/t5-;/m0./s1. The van der Waals surface area contributed by atoms with E-state index in [1.165, 1.54) is 0 Å². The van der Waals surface area contributed by atoms with E-state index in [0.29, 0.717) is 6.61 Å². The Morgan fingerprint density at radius 2 is 2.00 bits per heavy atom. The maximum atomic E-state index is 10.9. The average Bonchev–Trinajstić information content (AvgIpc) is 2.00. The van der Waals surface area contributed by atoms with Gasteiger partial charge < -0.3 is 16.2 Å². The van der Waals surface area contributed by atoms with Crippen LogP contribution in [0.3, 0.4) is 0 Å². The maximum Gasteiger partial charge on any atom is 0.322 e. The number of ether oxygens (including phenoxy) is 1. The highest BCUT2D eigenvalue weighted by atomic mass is 35.5. The van der Waals surface area contributed by atoms with Gasteiger partial charge in [0.05, 0.1) is 6.61 Å². The van der Waals surface area contributed by atoms with E-state index in [9.17, 15) is 9.59 Å². The van der Waals surface area contributed by atoms with Crippen LogP contribution in [0.15, 0.2) is 0 Å². The Bertz CT molecular complexity index is 175. The molecule has 0 aromatic carbocycles. The fourth-order valence-corrected chi connectivity index (χ4v) is 0.665. The molecule has 0 unspecified atom stereocenters. The van der Waals surface area contributed by atoms with Crippen LogP contribution in [0.5, 0.6) is 0 Å². The maximum absolute atomic E-state index is 10.9. The monoisotopic (exact) mass is 210 g/mol. The van der Waals surface area contributed by atoms with Crippen molar-refractivity contribution in [3.05, 3.63) is 0 Å². The second-order valence-corrected chi connectivity index (χ2v) is 2.36. The number of primary amides is 1. The molecular weight excluding hydrogens is 196 g/mol. The van der Waals surface area contributed by atoms with Crippen molar-refractivity contribution in [2.45, 2.75) is 25.8 Å². The lowest BCUT2D eigenvalue weighted by Crippen LogP contribution is -2.33. The summed E-state index contributed by atoms with van der Waals surface area (Å²) >= 11 is 0. The van der Waals surface area contributed by atoms with Gasteiger partial charge in [-0.15, -0.1) is 12.4 Å². The molecule has 0 aliphatic heterocycles. The van der Waals surface area contributed by atoms with E-state index in [2.05, 4.69) is 4.74 Å². The molecule has 0 aromatic heterocycles. The van der Waals surface area contributed by atoms with Crippen LogP contribution in [0.1, 0.15) is 19.8 Å². The summed E-state index contributed by atoms with van der Waals surface area (Å²) in [6.45, 7) is 1.99. The first-order chi connectivity index (χ1) is 5.57. The van der Waals surface area contributed by atoms with E-state index < -0.39 is 17.9 Å². The highest BCUT2D eigenvalue weighted by Crippen LogP contribution is 1.95. The lowest BCUT2D eigenvalue weighted by molar-refractivity contribution is -0.144. The van der Waals surface area contributed by atoms with Crippen molar-refractivity contribution in [1.29, 1.82) is 0 Å². The summed E-state index contributed by atoms with van der Waals surface area (Å²) in [5.41, 5.74) is 10.2. The highest BCUT2D eigenvalue weighted by Gasteiger charge is 2.14. The van der Waals surface area contributed by atoms with Crippen LogP contribution in [0, 0.1) is 0 Å². The Labute approximate surface area is 83.2 Å². The third-order valence-corrected chi connectivity index (χ3v) is 1.29. The van der Waals surface area contributed by atoms with Crippen LogP contribution >= 0.6 is 12.4 Å². The number of carbonyl (C=O) groups excluding carboxylic acids is 2. The summed E-state index contributed by atoms with van der Waals surface area (Å²) in [7, 11) is 0. The SMILES string of the molecule is CCOC(=O)[C@@H](N)CCC(N)=O.Cl. The Kier molecular flexibility index (Phi) is 8.84. The molecule has 0 spiro atoms. The van der Waals surface area contributed by atoms with Crippen molar-refractivity contribution in [2.24, 2.45) is 11.5 Å². The van der Waals surface area contributed by atoms with Crippen molar-refractivity contribution in [1.82, 2.24) is 0 Å². The first-order valence-corrected chi connectivity index (χ1v) is 3.78. The second-order valence-electron chi connectivity index (χ2n) is 2.36. The highest BCUT2D eigenvalue weighted by molar-refractivity contribution is 5.85. The minimum Gasteiger partial charge on any atom is -0.465 e. The summed E-state index contributed by atoms with van der Waals surface area (Å²) in [6.07, 6.45) is 0.355. The molecule has 1 amide bonds. The van der Waals surface area contributed by atoms with Gasteiger partial charge >= 0.3 is 5.97 Å². The number of hydrogen-bond acceptors (Lipinski definition) is 4. The van der Waals surface area contributed by atoms with Crippen LogP contribution in [0.4, 0.5) is 0 Å². The van der Waals surface area contributed by atoms with Gasteiger partial charge in [0.15, 0.2) is 0 Å². The quantitative estimate of drug-likeness (QED) is 0.602. The van der Waals surface area contributed by atoms with Gasteiger partial charge in [-0.1, -0.05) is 0 Å². The predicted molar refractivity (Wildman–Crippen MR) is 50.3 cm³/mol. The first-order valence-electron chi connectivity index (χ1n) is 3.78. The Hall–Kier alpha value is -0.810. The minimum absolute atomic E-state index is 0. The van der Waals surface area contributed by atoms with Gasteiger partial charge in [-0.25, -0.2) is 0 Å². The number of carbonyl (C=O) groups is 2. The van der Waals surface area contributed by atoms with Crippen LogP contribution in [0.25, 0.3) is 0 Å². The number of esters is 1. The molecule has 0 saturated heterocycles. The lowest BCUT2D eigenvalue weighted by Gasteiger charge is -2.08. The molecule has 1 atom stereocenters. The molecule has 0 radical (unpaired) electrons. The molecule has 0 rings (SSSR count). The minimum atomic E-state index is -0.738. The van der Waals surface area contributed by atoms with Gasteiger partial charge in [0.1, 0.15) is 6.04 Å². The van der Waals surface area contributed by atoms with E-state index in [1.807, 2.05) is 0 Å². The van der Waals surface area contributed by atoms with Crippen LogP contribution in [-0.4, -0.2) is 24.5 Å². The van der Waals surface area contributed by atoms with E-state index in [4.69, 9.17) is 11.5 Å². The zero-order chi connectivity index (χ0) is 9.56. The average molecular weight is 211 g/mol. The van der Waals surface area contributed by atoms with Crippen LogP contribution in [-0.2, 0) is 14.3 Å². The van der Waals surface area contributed by atoms with Gasteiger partial charge in [0.25, 0.3) is 0 Å². The normalized spacial score (nSPS) is 11.2. The van der Waals surface area contributed by atoms with E-state index in [1.54, 1.807) is 6.92 Å². The molecular formula is C7H15ClN2O3.